The third kappa shape index (κ3) is 4.47. The molecule has 3 aromatic rings. The molecule has 1 amide bonds. The van der Waals surface area contributed by atoms with E-state index in [0.29, 0.717) is 28.7 Å². The van der Waals surface area contributed by atoms with Gasteiger partial charge in [0.25, 0.3) is 5.91 Å². The fraction of sp³-hybridized carbons (Fsp3) is 0.273. The Hall–Kier alpha value is -2.75. The van der Waals surface area contributed by atoms with Crippen molar-refractivity contribution in [2.24, 2.45) is 11.7 Å². The van der Waals surface area contributed by atoms with E-state index in [1.54, 1.807) is 34.2 Å². The first kappa shape index (κ1) is 21.0. The molecular weight excluding hydrogens is 404 g/mol. The van der Waals surface area contributed by atoms with Crippen molar-refractivity contribution >= 4 is 34.5 Å². The van der Waals surface area contributed by atoms with Crippen molar-refractivity contribution in [2.45, 2.75) is 33.6 Å². The zero-order valence-electron chi connectivity index (χ0n) is 16.6. The predicted molar refractivity (Wildman–Crippen MR) is 121 cm³/mol. The van der Waals surface area contributed by atoms with Gasteiger partial charge in [-0.15, -0.1) is 11.3 Å². The summed E-state index contributed by atoms with van der Waals surface area (Å²) in [5.41, 5.74) is 14.5. The van der Waals surface area contributed by atoms with Gasteiger partial charge in [-0.05, 0) is 42.7 Å². The highest BCUT2D eigenvalue weighted by atomic mass is 35.5. The molecule has 0 aliphatic heterocycles. The quantitative estimate of drug-likeness (QED) is 0.449. The van der Waals surface area contributed by atoms with Gasteiger partial charge < -0.3 is 11.5 Å². The van der Waals surface area contributed by atoms with Crippen molar-refractivity contribution in [2.75, 3.05) is 5.73 Å². The number of carbonyl (C=O) groups is 1. The van der Waals surface area contributed by atoms with Gasteiger partial charge in [0.2, 0.25) is 0 Å². The second-order valence-electron chi connectivity index (χ2n) is 7.08. The van der Waals surface area contributed by atoms with Gasteiger partial charge in [-0.2, -0.15) is 5.10 Å². The highest BCUT2D eigenvalue weighted by Gasteiger charge is 2.24. The molecule has 0 saturated heterocycles. The number of hydrogen-bond acceptors (Lipinski definition) is 4. The van der Waals surface area contributed by atoms with Crippen LogP contribution in [0, 0.1) is 17.8 Å². The molecule has 29 heavy (non-hydrogen) atoms. The van der Waals surface area contributed by atoms with E-state index in [-0.39, 0.29) is 5.69 Å². The Labute approximate surface area is 179 Å². The number of nitrogen functional groups attached to an aromatic ring is 1. The van der Waals surface area contributed by atoms with Gasteiger partial charge in [-0.1, -0.05) is 44.2 Å². The van der Waals surface area contributed by atoms with E-state index in [1.165, 1.54) is 0 Å². The molecular formula is C22H23ClN4OS. The zero-order chi connectivity index (χ0) is 21.1. The van der Waals surface area contributed by atoms with Gasteiger partial charge in [-0.25, -0.2) is 4.68 Å². The third-order valence-corrected chi connectivity index (χ3v) is 5.64. The van der Waals surface area contributed by atoms with Gasteiger partial charge in [-0.3, -0.25) is 4.79 Å². The average Bonchev–Trinajstić information content (AvgIpc) is 3.25. The number of rotatable bonds is 5. The minimum atomic E-state index is -0.568. The Morgan fingerprint density at radius 3 is 2.69 bits per heavy atom. The molecule has 2 aromatic heterocycles. The number of primary amides is 1. The van der Waals surface area contributed by atoms with Crippen LogP contribution < -0.4 is 11.5 Å². The first-order valence-corrected chi connectivity index (χ1v) is 10.6. The van der Waals surface area contributed by atoms with Gasteiger partial charge in [0.15, 0.2) is 5.69 Å². The van der Waals surface area contributed by atoms with Gasteiger partial charge >= 0.3 is 0 Å². The van der Waals surface area contributed by atoms with Crippen molar-refractivity contribution in [1.82, 2.24) is 9.78 Å². The molecule has 0 bridgehead atoms. The number of anilines is 1. The average molecular weight is 427 g/mol. The van der Waals surface area contributed by atoms with E-state index in [1.807, 2.05) is 19.1 Å². The molecule has 0 aliphatic rings. The van der Waals surface area contributed by atoms with Crippen LogP contribution in [0.4, 0.5) is 5.69 Å². The van der Waals surface area contributed by atoms with Crippen LogP contribution >= 0.6 is 22.9 Å². The SMILES string of the molecule is CCc1c(C(N)=O)nn(-c2ccc(N)cc2Cl)c1-c1ccc(C#CCC(C)C)s1. The Balaban J connectivity index is 2.18. The number of benzene rings is 1. The van der Waals surface area contributed by atoms with E-state index < -0.39 is 5.91 Å². The van der Waals surface area contributed by atoms with Crippen LogP contribution in [0.5, 0.6) is 0 Å². The molecule has 0 atom stereocenters. The van der Waals surface area contributed by atoms with E-state index >= 15 is 0 Å². The van der Waals surface area contributed by atoms with Crippen LogP contribution in [0.25, 0.3) is 16.3 Å². The number of hydrogen-bond donors (Lipinski definition) is 2. The molecule has 2 heterocycles. The van der Waals surface area contributed by atoms with Crippen LogP contribution in [0.3, 0.4) is 0 Å². The summed E-state index contributed by atoms with van der Waals surface area (Å²) in [6.07, 6.45) is 1.45. The monoisotopic (exact) mass is 426 g/mol. The number of aromatic nitrogens is 2. The number of amides is 1. The summed E-state index contributed by atoms with van der Waals surface area (Å²) in [4.78, 5) is 13.9. The van der Waals surface area contributed by atoms with Crippen molar-refractivity contribution < 1.29 is 4.79 Å². The lowest BCUT2D eigenvalue weighted by molar-refractivity contribution is 0.0994. The van der Waals surface area contributed by atoms with Crippen LogP contribution in [0.1, 0.15) is 48.1 Å². The molecule has 0 aliphatic carbocycles. The normalized spacial score (nSPS) is 10.8. The van der Waals surface area contributed by atoms with Crippen LogP contribution in [-0.2, 0) is 6.42 Å². The van der Waals surface area contributed by atoms with Gasteiger partial charge in [0, 0.05) is 17.7 Å². The van der Waals surface area contributed by atoms with Crippen LogP contribution in [-0.4, -0.2) is 15.7 Å². The number of nitrogens with zero attached hydrogens (tertiary/aromatic N) is 2. The summed E-state index contributed by atoms with van der Waals surface area (Å²) in [7, 11) is 0. The van der Waals surface area contributed by atoms with Crippen LogP contribution in [0.2, 0.25) is 5.02 Å². The molecule has 150 valence electrons. The number of nitrogens with two attached hydrogens (primary N) is 2. The summed E-state index contributed by atoms with van der Waals surface area (Å²) in [5, 5.41) is 4.95. The molecule has 0 radical (unpaired) electrons. The summed E-state index contributed by atoms with van der Waals surface area (Å²) in [6.45, 7) is 6.25. The number of thiophene rings is 1. The molecule has 0 saturated carbocycles. The fourth-order valence-electron chi connectivity index (χ4n) is 2.98. The Morgan fingerprint density at radius 1 is 1.31 bits per heavy atom. The Kier molecular flexibility index (Phi) is 6.31. The summed E-state index contributed by atoms with van der Waals surface area (Å²) in [5.74, 6) is 6.39. The first-order chi connectivity index (χ1) is 13.8. The summed E-state index contributed by atoms with van der Waals surface area (Å²) >= 11 is 7.99. The maximum absolute atomic E-state index is 12.0. The highest BCUT2D eigenvalue weighted by Crippen LogP contribution is 2.36. The van der Waals surface area contributed by atoms with Crippen molar-refractivity contribution in [1.29, 1.82) is 0 Å². The summed E-state index contributed by atoms with van der Waals surface area (Å²) in [6, 6.07) is 9.18. The minimum absolute atomic E-state index is 0.247. The third-order valence-electron chi connectivity index (χ3n) is 4.33. The molecule has 0 fully saturated rings. The second-order valence-corrected chi connectivity index (χ2v) is 8.57. The highest BCUT2D eigenvalue weighted by molar-refractivity contribution is 7.16. The topological polar surface area (TPSA) is 86.9 Å². The fourth-order valence-corrected chi connectivity index (χ4v) is 4.19. The number of halogens is 1. The maximum atomic E-state index is 12.0. The molecule has 0 spiro atoms. The second kappa shape index (κ2) is 8.73. The van der Waals surface area contributed by atoms with Crippen molar-refractivity contribution in [3.8, 4) is 28.1 Å². The lowest BCUT2D eigenvalue weighted by Crippen LogP contribution is -2.14. The smallest absolute Gasteiger partial charge is 0.269 e. The predicted octanol–water partition coefficient (Wildman–Crippen LogP) is 4.90. The number of carbonyl (C=O) groups excluding carboxylic acids is 1. The van der Waals surface area contributed by atoms with Crippen molar-refractivity contribution in [3.63, 3.8) is 0 Å². The van der Waals surface area contributed by atoms with E-state index in [0.717, 1.165) is 27.4 Å². The summed E-state index contributed by atoms with van der Waals surface area (Å²) < 4.78 is 1.68. The standard InChI is InChI=1S/C22H23ClN4OS/c1-4-16-20(22(25)28)26-27(18-10-8-14(24)12-17(18)23)21(16)19-11-9-15(29-19)7-5-6-13(2)3/h8-13H,4,6,24H2,1-3H3,(H2,25,28). The lowest BCUT2D eigenvalue weighted by atomic mass is 10.1. The molecule has 3 rings (SSSR count). The van der Waals surface area contributed by atoms with E-state index in [2.05, 4.69) is 30.8 Å². The Morgan fingerprint density at radius 2 is 2.07 bits per heavy atom. The van der Waals surface area contributed by atoms with Gasteiger partial charge in [0.1, 0.15) is 0 Å². The maximum Gasteiger partial charge on any atom is 0.269 e. The van der Waals surface area contributed by atoms with Gasteiger partial charge in [0.05, 0.1) is 26.2 Å². The Bertz CT molecular complexity index is 1120. The zero-order valence-corrected chi connectivity index (χ0v) is 18.2. The largest absolute Gasteiger partial charge is 0.399 e. The minimum Gasteiger partial charge on any atom is -0.399 e. The first-order valence-electron chi connectivity index (χ1n) is 9.38. The molecule has 7 heteroatoms. The lowest BCUT2D eigenvalue weighted by Gasteiger charge is -2.10. The molecule has 0 unspecified atom stereocenters. The van der Waals surface area contributed by atoms with Crippen molar-refractivity contribution in [3.05, 3.63) is 51.5 Å². The molecule has 1 aromatic carbocycles. The van der Waals surface area contributed by atoms with E-state index in [9.17, 15) is 4.79 Å². The van der Waals surface area contributed by atoms with E-state index in [4.69, 9.17) is 23.1 Å². The molecule has 4 N–H and O–H groups in total. The van der Waals surface area contributed by atoms with Crippen LogP contribution in [0.15, 0.2) is 30.3 Å². The molecule has 5 nitrogen and oxygen atoms in total.